The van der Waals surface area contributed by atoms with Gasteiger partial charge in [0.15, 0.2) is 0 Å². The van der Waals surface area contributed by atoms with Gasteiger partial charge in [0.05, 0.1) is 5.69 Å². The number of aromatic amines is 1. The smallest absolute Gasteiger partial charge is 0.475 e. The fourth-order valence-corrected chi connectivity index (χ4v) is 4.05. The second kappa shape index (κ2) is 9.93. The lowest BCUT2D eigenvalue weighted by Gasteiger charge is -2.28. The Hall–Kier alpha value is -2.91. The van der Waals surface area contributed by atoms with Crippen molar-refractivity contribution in [2.45, 2.75) is 51.1 Å². The summed E-state index contributed by atoms with van der Waals surface area (Å²) >= 11 is 0. The molecule has 31 heavy (non-hydrogen) atoms. The second-order valence-electron chi connectivity index (χ2n) is 7.73. The van der Waals surface area contributed by atoms with Crippen molar-refractivity contribution in [3.05, 3.63) is 35.8 Å². The quantitative estimate of drug-likeness (QED) is 0.746. The number of H-pyrrole nitrogens is 1. The van der Waals surface area contributed by atoms with Crippen LogP contribution in [0.15, 0.2) is 24.5 Å². The number of amides is 1. The van der Waals surface area contributed by atoms with Gasteiger partial charge in [-0.3, -0.25) is 14.9 Å². The van der Waals surface area contributed by atoms with E-state index in [1.54, 1.807) is 6.20 Å². The van der Waals surface area contributed by atoms with Crippen LogP contribution < -0.4 is 0 Å². The molecule has 1 fully saturated rings. The Morgan fingerprint density at radius 3 is 2.42 bits per heavy atom. The van der Waals surface area contributed by atoms with Gasteiger partial charge >= 0.3 is 12.1 Å². The summed E-state index contributed by atoms with van der Waals surface area (Å²) in [5.41, 5.74) is 4.46. The van der Waals surface area contributed by atoms with Gasteiger partial charge < -0.3 is 10.0 Å². The molecule has 2 aliphatic rings. The highest BCUT2D eigenvalue weighted by Gasteiger charge is 2.38. The average molecular weight is 438 g/mol. The van der Waals surface area contributed by atoms with E-state index in [1.807, 2.05) is 18.3 Å². The lowest BCUT2D eigenvalue weighted by atomic mass is 9.88. The molecule has 2 aromatic rings. The molecule has 2 N–H and O–H groups in total. The molecular formula is C21H25F3N4O3. The maximum absolute atomic E-state index is 12.8. The molecule has 0 spiro atoms. The first-order valence-electron chi connectivity index (χ1n) is 10.3. The minimum Gasteiger partial charge on any atom is -0.475 e. The lowest BCUT2D eigenvalue weighted by molar-refractivity contribution is -0.192. The molecule has 3 heterocycles. The van der Waals surface area contributed by atoms with Gasteiger partial charge in [0, 0.05) is 54.6 Å². The van der Waals surface area contributed by atoms with E-state index >= 15 is 0 Å². The molecule has 0 aromatic carbocycles. The van der Waals surface area contributed by atoms with Crippen LogP contribution in [0.3, 0.4) is 0 Å². The van der Waals surface area contributed by atoms with Crippen LogP contribution in [0.1, 0.15) is 43.4 Å². The van der Waals surface area contributed by atoms with Crippen LogP contribution in [-0.4, -0.2) is 56.3 Å². The van der Waals surface area contributed by atoms with Crippen LogP contribution in [0.2, 0.25) is 0 Å². The van der Waals surface area contributed by atoms with Crippen LogP contribution in [0.5, 0.6) is 0 Å². The number of nitrogens with one attached hydrogen (secondary N) is 1. The van der Waals surface area contributed by atoms with Gasteiger partial charge in [0.25, 0.3) is 0 Å². The zero-order chi connectivity index (χ0) is 22.4. The van der Waals surface area contributed by atoms with Crippen LogP contribution >= 0.6 is 0 Å². The molecule has 2 aromatic heterocycles. The van der Waals surface area contributed by atoms with E-state index < -0.39 is 12.1 Å². The maximum atomic E-state index is 12.8. The van der Waals surface area contributed by atoms with E-state index in [0.29, 0.717) is 5.91 Å². The van der Waals surface area contributed by atoms with Crippen molar-refractivity contribution in [2.75, 3.05) is 13.1 Å². The van der Waals surface area contributed by atoms with Crippen molar-refractivity contribution in [1.82, 2.24) is 20.1 Å². The number of aliphatic carboxylic acids is 1. The molecule has 0 saturated heterocycles. The number of halogens is 3. The largest absolute Gasteiger partial charge is 0.490 e. The van der Waals surface area contributed by atoms with E-state index in [2.05, 4.69) is 20.1 Å². The summed E-state index contributed by atoms with van der Waals surface area (Å²) < 4.78 is 31.7. The molecule has 1 amide bonds. The summed E-state index contributed by atoms with van der Waals surface area (Å²) in [6, 6.07) is 3.98. The monoisotopic (exact) mass is 438 g/mol. The Morgan fingerprint density at radius 2 is 1.81 bits per heavy atom. The number of carboxylic acid groups (broad SMARTS) is 1. The molecule has 0 unspecified atom stereocenters. The van der Waals surface area contributed by atoms with Gasteiger partial charge in [-0.2, -0.15) is 18.3 Å². The number of carboxylic acids is 1. The lowest BCUT2D eigenvalue weighted by Crippen LogP contribution is -2.38. The third-order valence-electron chi connectivity index (χ3n) is 5.66. The first-order valence-corrected chi connectivity index (χ1v) is 10.3. The highest BCUT2D eigenvalue weighted by atomic mass is 19.4. The molecule has 1 aliphatic carbocycles. The Balaban J connectivity index is 0.000000339. The second-order valence-corrected chi connectivity index (χ2v) is 7.73. The average Bonchev–Trinajstić information content (AvgIpc) is 3.05. The number of hydrogen-bond acceptors (Lipinski definition) is 4. The van der Waals surface area contributed by atoms with E-state index in [4.69, 9.17) is 9.90 Å². The zero-order valence-corrected chi connectivity index (χ0v) is 17.0. The number of aromatic nitrogens is 3. The summed E-state index contributed by atoms with van der Waals surface area (Å²) in [5.74, 6) is -2.13. The summed E-state index contributed by atoms with van der Waals surface area (Å²) in [5, 5.41) is 14.8. The molecule has 168 valence electrons. The molecule has 1 aliphatic heterocycles. The molecular weight excluding hydrogens is 413 g/mol. The van der Waals surface area contributed by atoms with Gasteiger partial charge in [-0.15, -0.1) is 0 Å². The van der Waals surface area contributed by atoms with E-state index in [9.17, 15) is 18.0 Å². The van der Waals surface area contributed by atoms with Gasteiger partial charge in [0.2, 0.25) is 5.91 Å². The number of hydrogen-bond donors (Lipinski definition) is 2. The highest BCUT2D eigenvalue weighted by molar-refractivity contribution is 5.79. The predicted octanol–water partition coefficient (Wildman–Crippen LogP) is 3.61. The zero-order valence-electron chi connectivity index (χ0n) is 17.0. The third-order valence-corrected chi connectivity index (χ3v) is 5.66. The van der Waals surface area contributed by atoms with Crippen LogP contribution in [0.25, 0.3) is 11.3 Å². The SMILES string of the molecule is O=C(C1CCCCC1)N1CCc2[nH]nc(-c3cccnc3)c2CC1.O=C(O)C(F)(F)F. The number of alkyl halides is 3. The van der Waals surface area contributed by atoms with Crippen LogP contribution in [0, 0.1) is 5.92 Å². The Morgan fingerprint density at radius 1 is 1.13 bits per heavy atom. The number of fused-ring (bicyclic) bond motifs is 1. The standard InChI is InChI=1S/C19H24N4O.C2HF3O2/c24-19(14-5-2-1-3-6-14)23-11-8-16-17(9-12-23)21-22-18(16)15-7-4-10-20-13-15;3-2(4,5)1(6)7/h4,7,10,13-14H,1-3,5-6,8-9,11-12H2,(H,21,22);(H,6,7). The summed E-state index contributed by atoms with van der Waals surface area (Å²) in [4.78, 5) is 28.0. The highest BCUT2D eigenvalue weighted by Crippen LogP contribution is 2.29. The van der Waals surface area contributed by atoms with Crippen LogP contribution in [0.4, 0.5) is 13.2 Å². The maximum Gasteiger partial charge on any atom is 0.490 e. The van der Waals surface area contributed by atoms with Crippen molar-refractivity contribution in [3.8, 4) is 11.3 Å². The first-order chi connectivity index (χ1) is 14.8. The van der Waals surface area contributed by atoms with E-state index in [-0.39, 0.29) is 5.92 Å². The van der Waals surface area contributed by atoms with Crippen molar-refractivity contribution >= 4 is 11.9 Å². The molecule has 0 bridgehead atoms. The van der Waals surface area contributed by atoms with Crippen molar-refractivity contribution < 1.29 is 27.9 Å². The van der Waals surface area contributed by atoms with Gasteiger partial charge in [-0.1, -0.05) is 19.3 Å². The van der Waals surface area contributed by atoms with Gasteiger partial charge in [-0.25, -0.2) is 4.79 Å². The first kappa shape index (κ1) is 22.8. The van der Waals surface area contributed by atoms with Gasteiger partial charge in [-0.05, 0) is 31.4 Å². The molecule has 10 heteroatoms. The number of pyridine rings is 1. The van der Waals surface area contributed by atoms with Crippen molar-refractivity contribution in [1.29, 1.82) is 0 Å². The van der Waals surface area contributed by atoms with E-state index in [1.165, 1.54) is 30.5 Å². The Labute approximate surface area is 177 Å². The normalized spacial score (nSPS) is 17.2. The summed E-state index contributed by atoms with van der Waals surface area (Å²) in [6.07, 6.45) is 6.12. The van der Waals surface area contributed by atoms with Crippen LogP contribution in [-0.2, 0) is 22.4 Å². The van der Waals surface area contributed by atoms with Crippen molar-refractivity contribution in [2.24, 2.45) is 5.92 Å². The topological polar surface area (TPSA) is 99.2 Å². The minimum atomic E-state index is -5.08. The van der Waals surface area contributed by atoms with Gasteiger partial charge in [0.1, 0.15) is 0 Å². The fourth-order valence-electron chi connectivity index (χ4n) is 4.05. The predicted molar refractivity (Wildman–Crippen MR) is 106 cm³/mol. The molecule has 0 atom stereocenters. The number of rotatable bonds is 2. The van der Waals surface area contributed by atoms with E-state index in [0.717, 1.165) is 50.0 Å². The van der Waals surface area contributed by atoms with Crippen molar-refractivity contribution in [3.63, 3.8) is 0 Å². The number of carbonyl (C=O) groups is 2. The number of nitrogens with zero attached hydrogens (tertiary/aromatic N) is 3. The Kier molecular flexibility index (Phi) is 7.29. The molecule has 0 radical (unpaired) electrons. The molecule has 7 nitrogen and oxygen atoms in total. The number of carbonyl (C=O) groups excluding carboxylic acids is 1. The third kappa shape index (κ3) is 5.83. The molecule has 1 saturated carbocycles. The summed E-state index contributed by atoms with van der Waals surface area (Å²) in [6.45, 7) is 1.60. The molecule has 4 rings (SSSR count). The fraction of sp³-hybridized carbons (Fsp3) is 0.524. The summed E-state index contributed by atoms with van der Waals surface area (Å²) in [7, 11) is 0. The minimum absolute atomic E-state index is 0.256. The Bertz CT molecular complexity index is 893.